The molecule has 0 aliphatic rings. The monoisotopic (exact) mass is 221 g/mol. The highest BCUT2D eigenvalue weighted by molar-refractivity contribution is 7.81. The minimum absolute atomic E-state index is 0.346. The molecule has 1 aromatic carbocycles. The molecule has 2 aromatic rings. The fourth-order valence-corrected chi connectivity index (χ4v) is 1.88. The van der Waals surface area contributed by atoms with Gasteiger partial charge in [-0.05, 0) is 11.5 Å². The minimum Gasteiger partial charge on any atom is -0.389 e. The molecular weight excluding hydrogens is 214 g/mol. The molecule has 0 saturated carbocycles. The molecule has 2 N–H and O–H groups in total. The predicted molar refractivity (Wildman–Crippen MR) is 61.2 cm³/mol. The van der Waals surface area contributed by atoms with E-state index in [4.69, 9.17) is 18.0 Å². The maximum absolute atomic E-state index is 5.56. The zero-order chi connectivity index (χ0) is 9.97. The van der Waals surface area contributed by atoms with E-state index in [2.05, 4.69) is 9.59 Å². The van der Waals surface area contributed by atoms with Crippen molar-refractivity contribution in [2.24, 2.45) is 5.73 Å². The van der Waals surface area contributed by atoms with Crippen molar-refractivity contribution in [2.75, 3.05) is 0 Å². The van der Waals surface area contributed by atoms with Crippen LogP contribution in [0.15, 0.2) is 30.3 Å². The molecule has 0 radical (unpaired) electrons. The third-order valence-corrected chi connectivity index (χ3v) is 2.85. The van der Waals surface area contributed by atoms with Crippen molar-refractivity contribution in [3.05, 3.63) is 35.2 Å². The highest BCUT2D eigenvalue weighted by Gasteiger charge is 2.11. The van der Waals surface area contributed by atoms with Gasteiger partial charge in [0.25, 0.3) is 0 Å². The lowest BCUT2D eigenvalue weighted by molar-refractivity contribution is 1.16. The minimum atomic E-state index is 0.346. The Labute approximate surface area is 90.7 Å². The molecule has 0 bridgehead atoms. The Bertz CT molecular complexity index is 450. The summed E-state index contributed by atoms with van der Waals surface area (Å²) in [4.78, 5) is 1.12. The Morgan fingerprint density at radius 1 is 1.29 bits per heavy atom. The van der Waals surface area contributed by atoms with E-state index in [1.807, 2.05) is 30.3 Å². The van der Waals surface area contributed by atoms with Gasteiger partial charge in [-0.15, -0.1) is 5.10 Å². The molecular formula is C9H7N3S2. The molecule has 0 aliphatic heterocycles. The van der Waals surface area contributed by atoms with Crippen molar-refractivity contribution >= 4 is 28.7 Å². The van der Waals surface area contributed by atoms with Crippen molar-refractivity contribution < 1.29 is 0 Å². The quantitative estimate of drug-likeness (QED) is 0.786. The summed E-state index contributed by atoms with van der Waals surface area (Å²) in [5, 5.41) is 4.01. The van der Waals surface area contributed by atoms with Gasteiger partial charge in [-0.1, -0.05) is 47.0 Å². The summed E-state index contributed by atoms with van der Waals surface area (Å²) in [6.45, 7) is 0. The molecule has 0 saturated heterocycles. The van der Waals surface area contributed by atoms with E-state index in [1.54, 1.807) is 0 Å². The van der Waals surface area contributed by atoms with Crippen LogP contribution in [0, 0.1) is 0 Å². The third-order valence-electron chi connectivity index (χ3n) is 1.76. The number of hydrogen-bond donors (Lipinski definition) is 1. The van der Waals surface area contributed by atoms with Crippen LogP contribution in [0.3, 0.4) is 0 Å². The molecule has 0 fully saturated rings. The second-order valence-corrected chi connectivity index (χ2v) is 3.87. The van der Waals surface area contributed by atoms with Crippen molar-refractivity contribution in [3.8, 4) is 11.3 Å². The summed E-state index contributed by atoms with van der Waals surface area (Å²) < 4.78 is 3.84. The molecule has 0 spiro atoms. The first kappa shape index (κ1) is 9.23. The summed E-state index contributed by atoms with van der Waals surface area (Å²) in [6, 6.07) is 9.75. The number of rotatable bonds is 2. The SMILES string of the molecule is NC(=S)c1snnc1-c1ccccc1. The molecule has 14 heavy (non-hydrogen) atoms. The lowest BCUT2D eigenvalue weighted by Gasteiger charge is -1.97. The topological polar surface area (TPSA) is 51.8 Å². The zero-order valence-electron chi connectivity index (χ0n) is 7.18. The summed E-state index contributed by atoms with van der Waals surface area (Å²) in [5.41, 5.74) is 7.31. The molecule has 0 aliphatic carbocycles. The van der Waals surface area contributed by atoms with Crippen LogP contribution in [0.1, 0.15) is 4.88 Å². The van der Waals surface area contributed by atoms with Gasteiger partial charge in [-0.3, -0.25) is 0 Å². The third kappa shape index (κ3) is 1.64. The summed E-state index contributed by atoms with van der Waals surface area (Å²) >= 11 is 6.14. The van der Waals surface area contributed by atoms with Gasteiger partial charge in [0.2, 0.25) is 0 Å². The van der Waals surface area contributed by atoms with Gasteiger partial charge >= 0.3 is 0 Å². The van der Waals surface area contributed by atoms with Crippen molar-refractivity contribution in [1.29, 1.82) is 0 Å². The van der Waals surface area contributed by atoms with Crippen LogP contribution >= 0.6 is 23.8 Å². The Balaban J connectivity index is 2.52. The number of nitrogens with zero attached hydrogens (tertiary/aromatic N) is 2. The largest absolute Gasteiger partial charge is 0.389 e. The number of nitrogens with two attached hydrogens (primary N) is 1. The fraction of sp³-hybridized carbons (Fsp3) is 0. The van der Waals surface area contributed by atoms with Crippen molar-refractivity contribution in [3.63, 3.8) is 0 Å². The van der Waals surface area contributed by atoms with E-state index >= 15 is 0 Å². The van der Waals surface area contributed by atoms with Crippen LogP contribution in [0.4, 0.5) is 0 Å². The maximum atomic E-state index is 5.56. The fourth-order valence-electron chi connectivity index (χ4n) is 1.14. The van der Waals surface area contributed by atoms with Gasteiger partial charge in [-0.2, -0.15) is 0 Å². The van der Waals surface area contributed by atoms with Gasteiger partial charge in [0.15, 0.2) is 0 Å². The maximum Gasteiger partial charge on any atom is 0.118 e. The second kappa shape index (κ2) is 3.81. The van der Waals surface area contributed by atoms with E-state index in [-0.39, 0.29) is 0 Å². The smallest absolute Gasteiger partial charge is 0.118 e. The first-order valence-corrected chi connectivity index (χ1v) is 5.15. The van der Waals surface area contributed by atoms with E-state index in [9.17, 15) is 0 Å². The predicted octanol–water partition coefficient (Wildman–Crippen LogP) is 1.84. The lowest BCUT2D eigenvalue weighted by Crippen LogP contribution is -2.08. The molecule has 70 valence electrons. The number of benzene rings is 1. The molecule has 0 amide bonds. The molecule has 0 atom stereocenters. The Hall–Kier alpha value is -1.33. The Morgan fingerprint density at radius 2 is 2.00 bits per heavy atom. The highest BCUT2D eigenvalue weighted by Crippen LogP contribution is 2.22. The van der Waals surface area contributed by atoms with Crippen LogP contribution < -0.4 is 5.73 Å². The molecule has 2 rings (SSSR count). The Morgan fingerprint density at radius 3 is 2.64 bits per heavy atom. The second-order valence-electron chi connectivity index (χ2n) is 2.68. The Kier molecular flexibility index (Phi) is 2.51. The standard InChI is InChI=1S/C9H7N3S2/c10-9(13)8-7(11-12-14-8)6-4-2-1-3-5-6/h1-5H,(H2,10,13). The van der Waals surface area contributed by atoms with E-state index in [0.29, 0.717) is 4.99 Å². The van der Waals surface area contributed by atoms with Crippen LogP contribution in [0.5, 0.6) is 0 Å². The zero-order valence-corrected chi connectivity index (χ0v) is 8.81. The average Bonchev–Trinajstić information content (AvgIpc) is 2.67. The van der Waals surface area contributed by atoms with E-state index < -0.39 is 0 Å². The van der Waals surface area contributed by atoms with Gasteiger partial charge in [0, 0.05) is 5.56 Å². The van der Waals surface area contributed by atoms with Gasteiger partial charge in [-0.25, -0.2) is 0 Å². The van der Waals surface area contributed by atoms with Crippen molar-refractivity contribution in [2.45, 2.75) is 0 Å². The molecule has 1 aromatic heterocycles. The average molecular weight is 221 g/mol. The van der Waals surface area contributed by atoms with Crippen LogP contribution in [0.2, 0.25) is 0 Å². The van der Waals surface area contributed by atoms with Crippen molar-refractivity contribution in [1.82, 2.24) is 9.59 Å². The van der Waals surface area contributed by atoms with Crippen LogP contribution in [0.25, 0.3) is 11.3 Å². The van der Waals surface area contributed by atoms with E-state index in [0.717, 1.165) is 16.1 Å². The lowest BCUT2D eigenvalue weighted by atomic mass is 10.1. The number of hydrogen-bond acceptors (Lipinski definition) is 4. The normalized spacial score (nSPS) is 10.0. The van der Waals surface area contributed by atoms with Crippen LogP contribution in [-0.4, -0.2) is 14.6 Å². The highest BCUT2D eigenvalue weighted by atomic mass is 32.1. The number of aromatic nitrogens is 2. The van der Waals surface area contributed by atoms with Crippen LogP contribution in [-0.2, 0) is 0 Å². The van der Waals surface area contributed by atoms with Gasteiger partial charge in [0.1, 0.15) is 15.6 Å². The first-order chi connectivity index (χ1) is 6.79. The number of thiocarbonyl (C=S) groups is 1. The molecule has 3 nitrogen and oxygen atoms in total. The molecule has 0 unspecified atom stereocenters. The molecule has 1 heterocycles. The molecule has 5 heteroatoms. The van der Waals surface area contributed by atoms with Gasteiger partial charge < -0.3 is 5.73 Å². The first-order valence-electron chi connectivity index (χ1n) is 3.96. The summed E-state index contributed by atoms with van der Waals surface area (Å²) in [7, 11) is 0. The summed E-state index contributed by atoms with van der Waals surface area (Å²) in [6.07, 6.45) is 0. The summed E-state index contributed by atoms with van der Waals surface area (Å²) in [5.74, 6) is 0. The van der Waals surface area contributed by atoms with E-state index in [1.165, 1.54) is 11.5 Å². The van der Waals surface area contributed by atoms with Gasteiger partial charge in [0.05, 0.1) is 0 Å².